The second-order valence-electron chi connectivity index (χ2n) is 8.41. The fraction of sp³-hybridized carbons (Fsp3) is 0.478. The van der Waals surface area contributed by atoms with E-state index in [0.29, 0.717) is 35.5 Å². The van der Waals surface area contributed by atoms with Crippen LogP contribution in [-0.2, 0) is 4.79 Å². The van der Waals surface area contributed by atoms with Gasteiger partial charge in [-0.25, -0.2) is 4.98 Å². The summed E-state index contributed by atoms with van der Waals surface area (Å²) in [7, 11) is 4.92. The summed E-state index contributed by atoms with van der Waals surface area (Å²) >= 11 is 0. The number of benzene rings is 1. The molecule has 4 rings (SSSR count). The molecule has 1 fully saturated rings. The molecule has 2 N–H and O–H groups in total. The van der Waals surface area contributed by atoms with Crippen LogP contribution >= 0.6 is 0 Å². The van der Waals surface area contributed by atoms with E-state index in [1.807, 2.05) is 6.92 Å². The smallest absolute Gasteiger partial charge is 0.251 e. The van der Waals surface area contributed by atoms with Gasteiger partial charge in [0.1, 0.15) is 11.4 Å². The molecule has 0 spiro atoms. The average Bonchev–Trinajstić information content (AvgIpc) is 3.33. The van der Waals surface area contributed by atoms with Gasteiger partial charge in [-0.3, -0.25) is 9.59 Å². The summed E-state index contributed by atoms with van der Waals surface area (Å²) < 4.78 is 5.47. The minimum absolute atomic E-state index is 0.0718. The lowest BCUT2D eigenvalue weighted by Crippen LogP contribution is -2.38. The number of anilines is 4. The van der Waals surface area contributed by atoms with Crippen molar-refractivity contribution in [3.05, 3.63) is 30.0 Å². The summed E-state index contributed by atoms with van der Waals surface area (Å²) in [5.41, 5.74) is 1.87. The van der Waals surface area contributed by atoms with Crippen LogP contribution in [0.25, 0.3) is 0 Å². The molecule has 170 valence electrons. The molecule has 32 heavy (non-hydrogen) atoms. The topological polar surface area (TPSA) is 99.7 Å². The second-order valence-corrected chi connectivity index (χ2v) is 8.41. The highest BCUT2D eigenvalue weighted by Crippen LogP contribution is 2.37. The number of carbonyl (C=O) groups is 2. The van der Waals surface area contributed by atoms with Crippen LogP contribution in [0.2, 0.25) is 0 Å². The Morgan fingerprint density at radius 1 is 1.25 bits per heavy atom. The third-order valence-electron chi connectivity index (χ3n) is 6.31. The first-order chi connectivity index (χ1) is 15.4. The van der Waals surface area contributed by atoms with Crippen LogP contribution < -0.4 is 25.2 Å². The Bertz CT molecular complexity index is 1020. The van der Waals surface area contributed by atoms with Crippen LogP contribution in [0.3, 0.4) is 0 Å². The predicted octanol–water partition coefficient (Wildman–Crippen LogP) is 2.95. The van der Waals surface area contributed by atoms with Gasteiger partial charge in [0.05, 0.1) is 24.9 Å². The quantitative estimate of drug-likeness (QED) is 0.740. The van der Waals surface area contributed by atoms with Crippen molar-refractivity contribution in [3.8, 4) is 5.75 Å². The van der Waals surface area contributed by atoms with Gasteiger partial charge in [0.15, 0.2) is 5.82 Å². The summed E-state index contributed by atoms with van der Waals surface area (Å²) in [6, 6.07) is 5.53. The lowest BCUT2D eigenvalue weighted by molar-refractivity contribution is -0.121. The van der Waals surface area contributed by atoms with Crippen molar-refractivity contribution in [2.24, 2.45) is 5.92 Å². The lowest BCUT2D eigenvalue weighted by atomic mass is 10.1. The summed E-state index contributed by atoms with van der Waals surface area (Å²) in [5.74, 6) is 1.46. The van der Waals surface area contributed by atoms with E-state index in [1.54, 1.807) is 50.5 Å². The SMILES string of the molecule is CNC(=O)c1ccc(Nc2ncc3c(n2)N(C2CCCC2)C[C@H](C)C(=O)N3C)c(OC)c1. The molecule has 0 unspecified atom stereocenters. The van der Waals surface area contributed by atoms with Gasteiger partial charge in [-0.1, -0.05) is 19.8 Å². The molecule has 0 bridgehead atoms. The molecule has 9 nitrogen and oxygen atoms in total. The third-order valence-corrected chi connectivity index (χ3v) is 6.31. The van der Waals surface area contributed by atoms with Gasteiger partial charge in [-0.05, 0) is 31.0 Å². The maximum atomic E-state index is 12.8. The van der Waals surface area contributed by atoms with Crippen LogP contribution in [0.1, 0.15) is 43.0 Å². The monoisotopic (exact) mass is 438 g/mol. The van der Waals surface area contributed by atoms with Crippen molar-refractivity contribution in [1.29, 1.82) is 0 Å². The Hall–Kier alpha value is -3.36. The number of rotatable bonds is 5. The van der Waals surface area contributed by atoms with E-state index in [4.69, 9.17) is 9.72 Å². The molecule has 1 atom stereocenters. The molecular formula is C23H30N6O3. The number of nitrogens with zero attached hydrogens (tertiary/aromatic N) is 4. The van der Waals surface area contributed by atoms with Crippen molar-refractivity contribution >= 4 is 35.0 Å². The number of carbonyl (C=O) groups excluding carboxylic acids is 2. The van der Waals surface area contributed by atoms with Gasteiger partial charge in [0.25, 0.3) is 5.91 Å². The van der Waals surface area contributed by atoms with E-state index in [9.17, 15) is 9.59 Å². The minimum atomic E-state index is -0.190. The lowest BCUT2D eigenvalue weighted by Gasteiger charge is -2.31. The average molecular weight is 439 g/mol. The molecule has 1 aromatic carbocycles. The van der Waals surface area contributed by atoms with Gasteiger partial charge in [0, 0.05) is 32.2 Å². The maximum Gasteiger partial charge on any atom is 0.251 e. The number of nitrogens with one attached hydrogen (secondary N) is 2. The second kappa shape index (κ2) is 9.02. The number of hydrogen-bond donors (Lipinski definition) is 2. The Balaban J connectivity index is 1.70. The number of hydrogen-bond acceptors (Lipinski definition) is 7. The molecule has 0 saturated heterocycles. The van der Waals surface area contributed by atoms with Crippen molar-refractivity contribution in [1.82, 2.24) is 15.3 Å². The Morgan fingerprint density at radius 3 is 2.69 bits per heavy atom. The summed E-state index contributed by atoms with van der Waals surface area (Å²) in [5, 5.41) is 5.82. The van der Waals surface area contributed by atoms with Crippen LogP contribution in [0.4, 0.5) is 23.1 Å². The molecule has 2 aliphatic rings. The van der Waals surface area contributed by atoms with E-state index in [1.165, 1.54) is 12.8 Å². The van der Waals surface area contributed by atoms with E-state index >= 15 is 0 Å². The summed E-state index contributed by atoms with van der Waals surface area (Å²) in [6.07, 6.45) is 6.30. The number of fused-ring (bicyclic) bond motifs is 1. The highest BCUT2D eigenvalue weighted by molar-refractivity contribution is 5.99. The van der Waals surface area contributed by atoms with Gasteiger partial charge in [-0.2, -0.15) is 4.98 Å². The molecule has 0 radical (unpaired) electrons. The van der Waals surface area contributed by atoms with Gasteiger partial charge < -0.3 is 25.2 Å². The van der Waals surface area contributed by atoms with Crippen LogP contribution in [0.15, 0.2) is 24.4 Å². The molecule has 2 heterocycles. The molecule has 1 aliphatic heterocycles. The molecule has 2 aromatic rings. The highest BCUT2D eigenvalue weighted by atomic mass is 16.5. The molecule has 9 heteroatoms. The van der Waals surface area contributed by atoms with E-state index < -0.39 is 0 Å². The van der Waals surface area contributed by atoms with Crippen LogP contribution in [0, 0.1) is 5.92 Å². The van der Waals surface area contributed by atoms with Crippen LogP contribution in [-0.4, -0.2) is 55.6 Å². The maximum absolute atomic E-state index is 12.8. The fourth-order valence-corrected chi connectivity index (χ4v) is 4.52. The Labute approximate surface area is 188 Å². The minimum Gasteiger partial charge on any atom is -0.495 e. The first-order valence-electron chi connectivity index (χ1n) is 11.0. The normalized spacial score (nSPS) is 18.9. The Morgan fingerprint density at radius 2 is 2.00 bits per heavy atom. The zero-order chi connectivity index (χ0) is 22.8. The summed E-state index contributed by atoms with van der Waals surface area (Å²) in [4.78, 5) is 38.0. The Kier molecular flexibility index (Phi) is 6.16. The first kappa shape index (κ1) is 21.9. The fourth-order valence-electron chi connectivity index (χ4n) is 4.52. The zero-order valence-corrected chi connectivity index (χ0v) is 19.0. The number of ether oxygens (including phenoxy) is 1. The van der Waals surface area contributed by atoms with Crippen molar-refractivity contribution in [2.45, 2.75) is 38.6 Å². The van der Waals surface area contributed by atoms with Gasteiger partial charge in [0.2, 0.25) is 11.9 Å². The zero-order valence-electron chi connectivity index (χ0n) is 19.0. The first-order valence-corrected chi connectivity index (χ1v) is 11.0. The molecular weight excluding hydrogens is 408 g/mol. The standard InChI is InChI=1S/C23H30N6O3/c1-14-13-29(16-7-5-6-8-16)20-18(28(3)22(14)31)12-25-23(27-20)26-17-10-9-15(21(30)24-2)11-19(17)32-4/h9-12,14,16H,5-8,13H2,1-4H3,(H,24,30)(H,25,26,27)/t14-/m0/s1. The third kappa shape index (κ3) is 4.06. The van der Waals surface area contributed by atoms with Crippen molar-refractivity contribution in [3.63, 3.8) is 0 Å². The largest absolute Gasteiger partial charge is 0.495 e. The number of methoxy groups -OCH3 is 1. The molecule has 2 amide bonds. The molecule has 1 saturated carbocycles. The predicted molar refractivity (Wildman–Crippen MR) is 124 cm³/mol. The number of aromatic nitrogens is 2. The van der Waals surface area contributed by atoms with Gasteiger partial charge in [-0.15, -0.1) is 0 Å². The van der Waals surface area contributed by atoms with Crippen molar-refractivity contribution in [2.75, 3.05) is 42.9 Å². The van der Waals surface area contributed by atoms with Gasteiger partial charge >= 0.3 is 0 Å². The number of amides is 2. The molecule has 1 aromatic heterocycles. The van der Waals surface area contributed by atoms with E-state index in [0.717, 1.165) is 24.3 Å². The van der Waals surface area contributed by atoms with Crippen LogP contribution in [0.5, 0.6) is 5.75 Å². The highest BCUT2D eigenvalue weighted by Gasteiger charge is 2.35. The van der Waals surface area contributed by atoms with E-state index in [2.05, 4.69) is 20.5 Å². The van der Waals surface area contributed by atoms with Crippen molar-refractivity contribution < 1.29 is 14.3 Å². The molecule has 1 aliphatic carbocycles. The summed E-state index contributed by atoms with van der Waals surface area (Å²) in [6.45, 7) is 2.61. The van der Waals surface area contributed by atoms with E-state index in [-0.39, 0.29) is 17.7 Å².